The van der Waals surface area contributed by atoms with Gasteiger partial charge in [0.1, 0.15) is 5.75 Å². The van der Waals surface area contributed by atoms with Gasteiger partial charge in [-0.2, -0.15) is 0 Å². The predicted octanol–water partition coefficient (Wildman–Crippen LogP) is 2.14. The summed E-state index contributed by atoms with van der Waals surface area (Å²) in [6.07, 6.45) is 0.200. The summed E-state index contributed by atoms with van der Waals surface area (Å²) in [6.45, 7) is 3.77. The summed E-state index contributed by atoms with van der Waals surface area (Å²) in [5, 5.41) is 2.70. The van der Waals surface area contributed by atoms with Crippen molar-refractivity contribution in [3.8, 4) is 5.75 Å². The van der Waals surface area contributed by atoms with Crippen molar-refractivity contribution < 1.29 is 19.1 Å². The molecular formula is C16H19NO4. The standard InChI is InChI=1S/C16H19NO4/c1-4-21-16(19)15-10(2)17-14(18)9-12(15)11-7-5-6-8-13(11)20-3/h5-8,12H,4,9H2,1-3H3,(H,17,18)/t12-/m1/s1. The van der Waals surface area contributed by atoms with Gasteiger partial charge in [-0.1, -0.05) is 18.2 Å². The highest BCUT2D eigenvalue weighted by molar-refractivity contribution is 5.96. The zero-order valence-corrected chi connectivity index (χ0v) is 12.4. The van der Waals surface area contributed by atoms with Crippen molar-refractivity contribution in [3.63, 3.8) is 0 Å². The van der Waals surface area contributed by atoms with Crippen molar-refractivity contribution in [3.05, 3.63) is 41.1 Å². The van der Waals surface area contributed by atoms with E-state index >= 15 is 0 Å². The largest absolute Gasteiger partial charge is 0.496 e. The number of amides is 1. The fourth-order valence-electron chi connectivity index (χ4n) is 2.60. The van der Waals surface area contributed by atoms with Gasteiger partial charge < -0.3 is 14.8 Å². The third-order valence-electron chi connectivity index (χ3n) is 3.48. The van der Waals surface area contributed by atoms with Crippen LogP contribution in [0.1, 0.15) is 31.7 Å². The maximum absolute atomic E-state index is 12.2. The Bertz CT molecular complexity index is 592. The monoisotopic (exact) mass is 289 g/mol. The highest BCUT2D eigenvalue weighted by Gasteiger charge is 2.34. The first kappa shape index (κ1) is 15.1. The number of esters is 1. The number of carbonyl (C=O) groups is 2. The second-order valence-corrected chi connectivity index (χ2v) is 4.81. The molecule has 0 aliphatic carbocycles. The molecule has 5 heteroatoms. The average Bonchev–Trinajstić information content (AvgIpc) is 2.46. The molecule has 1 aromatic rings. The third kappa shape index (κ3) is 3.07. The van der Waals surface area contributed by atoms with E-state index in [0.717, 1.165) is 5.56 Å². The van der Waals surface area contributed by atoms with Gasteiger partial charge in [-0.25, -0.2) is 4.79 Å². The van der Waals surface area contributed by atoms with Crippen molar-refractivity contribution in [2.75, 3.05) is 13.7 Å². The van der Waals surface area contributed by atoms with Gasteiger partial charge in [-0.05, 0) is 19.9 Å². The number of methoxy groups -OCH3 is 1. The Morgan fingerprint density at radius 2 is 2.10 bits per heavy atom. The van der Waals surface area contributed by atoms with Gasteiger partial charge in [0.15, 0.2) is 0 Å². The van der Waals surface area contributed by atoms with Crippen molar-refractivity contribution >= 4 is 11.9 Å². The van der Waals surface area contributed by atoms with Crippen LogP contribution in [0.5, 0.6) is 5.75 Å². The Morgan fingerprint density at radius 3 is 2.76 bits per heavy atom. The van der Waals surface area contributed by atoms with E-state index < -0.39 is 5.97 Å². The van der Waals surface area contributed by atoms with E-state index in [0.29, 0.717) is 23.6 Å². The van der Waals surface area contributed by atoms with Gasteiger partial charge >= 0.3 is 5.97 Å². The van der Waals surface area contributed by atoms with Gasteiger partial charge in [-0.15, -0.1) is 0 Å². The topological polar surface area (TPSA) is 64.6 Å². The molecule has 2 rings (SSSR count). The molecule has 1 aliphatic heterocycles. The number of rotatable bonds is 4. The number of carbonyl (C=O) groups excluding carboxylic acids is 2. The molecule has 1 amide bonds. The van der Waals surface area contributed by atoms with Crippen LogP contribution in [-0.4, -0.2) is 25.6 Å². The molecule has 1 N–H and O–H groups in total. The van der Waals surface area contributed by atoms with Crippen LogP contribution >= 0.6 is 0 Å². The predicted molar refractivity (Wildman–Crippen MR) is 77.8 cm³/mol. The average molecular weight is 289 g/mol. The van der Waals surface area contributed by atoms with E-state index in [-0.39, 0.29) is 18.2 Å². The second-order valence-electron chi connectivity index (χ2n) is 4.81. The first-order valence-corrected chi connectivity index (χ1v) is 6.89. The number of hydrogen-bond acceptors (Lipinski definition) is 4. The molecule has 0 saturated heterocycles. The Balaban J connectivity index is 2.50. The fraction of sp³-hybridized carbons (Fsp3) is 0.375. The quantitative estimate of drug-likeness (QED) is 0.862. The van der Waals surface area contributed by atoms with Gasteiger partial charge in [-0.3, -0.25) is 4.79 Å². The number of ether oxygens (including phenoxy) is 2. The first-order chi connectivity index (χ1) is 10.1. The summed E-state index contributed by atoms with van der Waals surface area (Å²) in [6, 6.07) is 7.41. The Labute approximate surface area is 123 Å². The minimum absolute atomic E-state index is 0.114. The van der Waals surface area contributed by atoms with Gasteiger partial charge in [0.05, 0.1) is 19.3 Å². The molecule has 5 nitrogen and oxygen atoms in total. The molecule has 1 aromatic carbocycles. The SMILES string of the molecule is CCOC(=O)C1=C(C)NC(=O)C[C@@H]1c1ccccc1OC. The lowest BCUT2D eigenvalue weighted by molar-refractivity contribution is -0.139. The minimum Gasteiger partial charge on any atom is -0.496 e. The smallest absolute Gasteiger partial charge is 0.336 e. The zero-order chi connectivity index (χ0) is 15.4. The highest BCUT2D eigenvalue weighted by atomic mass is 16.5. The lowest BCUT2D eigenvalue weighted by Gasteiger charge is -2.27. The van der Waals surface area contributed by atoms with Crippen LogP contribution in [0, 0.1) is 0 Å². The Hall–Kier alpha value is -2.30. The van der Waals surface area contributed by atoms with Crippen LogP contribution < -0.4 is 10.1 Å². The van der Waals surface area contributed by atoms with E-state index in [9.17, 15) is 9.59 Å². The molecular weight excluding hydrogens is 270 g/mol. The number of allylic oxidation sites excluding steroid dienone is 1. The summed E-state index contributed by atoms with van der Waals surface area (Å²) < 4.78 is 10.5. The van der Waals surface area contributed by atoms with Crippen LogP contribution in [0.25, 0.3) is 0 Å². The molecule has 112 valence electrons. The molecule has 21 heavy (non-hydrogen) atoms. The van der Waals surface area contributed by atoms with Crippen molar-refractivity contribution in [2.45, 2.75) is 26.2 Å². The number of hydrogen-bond donors (Lipinski definition) is 1. The lowest BCUT2D eigenvalue weighted by atomic mass is 9.84. The number of para-hydroxylation sites is 1. The Kier molecular flexibility index (Phi) is 4.62. The third-order valence-corrected chi connectivity index (χ3v) is 3.48. The molecule has 1 aliphatic rings. The van der Waals surface area contributed by atoms with Crippen molar-refractivity contribution in [1.82, 2.24) is 5.32 Å². The van der Waals surface area contributed by atoms with Crippen LogP contribution in [0.3, 0.4) is 0 Å². The van der Waals surface area contributed by atoms with Crippen LogP contribution in [0.15, 0.2) is 35.5 Å². The van der Waals surface area contributed by atoms with E-state index in [2.05, 4.69) is 5.32 Å². The van der Waals surface area contributed by atoms with Crippen molar-refractivity contribution in [1.29, 1.82) is 0 Å². The summed E-state index contributed by atoms with van der Waals surface area (Å²) in [7, 11) is 1.57. The first-order valence-electron chi connectivity index (χ1n) is 6.89. The molecule has 1 atom stereocenters. The fourth-order valence-corrected chi connectivity index (χ4v) is 2.60. The summed E-state index contributed by atoms with van der Waals surface area (Å²) >= 11 is 0. The summed E-state index contributed by atoms with van der Waals surface area (Å²) in [4.78, 5) is 24.1. The van der Waals surface area contributed by atoms with Crippen molar-refractivity contribution in [2.24, 2.45) is 0 Å². The van der Waals surface area contributed by atoms with Gasteiger partial charge in [0.25, 0.3) is 0 Å². The lowest BCUT2D eigenvalue weighted by Crippen LogP contribution is -2.34. The maximum Gasteiger partial charge on any atom is 0.336 e. The molecule has 0 unspecified atom stereocenters. The van der Waals surface area contributed by atoms with E-state index in [1.807, 2.05) is 24.3 Å². The maximum atomic E-state index is 12.2. The van der Waals surface area contributed by atoms with E-state index in [1.54, 1.807) is 21.0 Å². The molecule has 0 fully saturated rings. The van der Waals surface area contributed by atoms with Crippen LogP contribution in [-0.2, 0) is 14.3 Å². The van der Waals surface area contributed by atoms with Crippen LogP contribution in [0.2, 0.25) is 0 Å². The van der Waals surface area contributed by atoms with Gasteiger partial charge in [0, 0.05) is 23.6 Å². The molecule has 0 radical (unpaired) electrons. The van der Waals surface area contributed by atoms with E-state index in [1.165, 1.54) is 0 Å². The number of nitrogens with one attached hydrogen (secondary N) is 1. The molecule has 0 saturated carbocycles. The zero-order valence-electron chi connectivity index (χ0n) is 12.4. The van der Waals surface area contributed by atoms with Gasteiger partial charge in [0.2, 0.25) is 5.91 Å². The summed E-state index contributed by atoms with van der Waals surface area (Å²) in [5.41, 5.74) is 1.85. The molecule has 0 spiro atoms. The second kappa shape index (κ2) is 6.43. The highest BCUT2D eigenvalue weighted by Crippen LogP contribution is 2.37. The van der Waals surface area contributed by atoms with Crippen LogP contribution in [0.4, 0.5) is 0 Å². The normalized spacial score (nSPS) is 18.2. The minimum atomic E-state index is -0.397. The molecule has 0 bridgehead atoms. The summed E-state index contributed by atoms with van der Waals surface area (Å²) in [5.74, 6) is -0.205. The molecule has 0 aromatic heterocycles. The number of benzene rings is 1. The van der Waals surface area contributed by atoms with E-state index in [4.69, 9.17) is 9.47 Å². The Morgan fingerprint density at radius 1 is 1.38 bits per heavy atom. The molecule has 1 heterocycles.